The molecular weight excluding hydrogens is 152 g/mol. The summed E-state index contributed by atoms with van der Waals surface area (Å²) in [6.45, 7) is 0. The highest BCUT2D eigenvalue weighted by Gasteiger charge is 1.92. The number of fused-ring (bicyclic) bond motifs is 1. The normalized spacial score (nSPS) is 9.33. The van der Waals surface area contributed by atoms with Gasteiger partial charge in [-0.15, -0.1) is 0 Å². The minimum Gasteiger partial charge on any atom is -0.423 e. The van der Waals surface area contributed by atoms with Crippen LogP contribution < -0.4 is 5.63 Å². The predicted octanol–water partition coefficient (Wildman–Crippen LogP) is 2.43. The lowest BCUT2D eigenvalue weighted by Crippen LogP contribution is -1.93. The topological polar surface area (TPSA) is 30.2 Å². The number of hydrogen-bond acceptors (Lipinski definition) is 2. The Labute approximate surface area is 70.5 Å². The molecular formula is C10H10O2. The summed E-state index contributed by atoms with van der Waals surface area (Å²) in [6.07, 6.45) is 0. The highest BCUT2D eigenvalue weighted by atomic mass is 16.4. The van der Waals surface area contributed by atoms with Gasteiger partial charge in [-0.25, -0.2) is 4.79 Å². The lowest BCUT2D eigenvalue weighted by atomic mass is 10.2. The van der Waals surface area contributed by atoms with Crippen LogP contribution in [0.5, 0.6) is 0 Å². The molecule has 2 heteroatoms. The first kappa shape index (κ1) is 8.53. The van der Waals surface area contributed by atoms with Crippen molar-refractivity contribution in [2.45, 2.75) is 7.43 Å². The highest BCUT2D eigenvalue weighted by molar-refractivity contribution is 5.75. The highest BCUT2D eigenvalue weighted by Crippen LogP contribution is 2.08. The first-order valence-corrected chi connectivity index (χ1v) is 3.35. The van der Waals surface area contributed by atoms with Crippen LogP contribution in [-0.4, -0.2) is 0 Å². The molecule has 0 bridgehead atoms. The largest absolute Gasteiger partial charge is 0.423 e. The monoisotopic (exact) mass is 162 g/mol. The van der Waals surface area contributed by atoms with Crippen molar-refractivity contribution >= 4 is 11.0 Å². The maximum absolute atomic E-state index is 10.7. The Morgan fingerprint density at radius 2 is 1.75 bits per heavy atom. The minimum absolute atomic E-state index is 0. The Hall–Kier alpha value is -1.57. The number of benzene rings is 1. The van der Waals surface area contributed by atoms with Crippen LogP contribution in [-0.2, 0) is 0 Å². The molecule has 12 heavy (non-hydrogen) atoms. The number of rotatable bonds is 0. The van der Waals surface area contributed by atoms with Gasteiger partial charge >= 0.3 is 5.63 Å². The molecule has 0 saturated heterocycles. The lowest BCUT2D eigenvalue weighted by molar-refractivity contribution is 0.561. The van der Waals surface area contributed by atoms with E-state index in [0.717, 1.165) is 5.39 Å². The van der Waals surface area contributed by atoms with Gasteiger partial charge in [-0.2, -0.15) is 0 Å². The van der Waals surface area contributed by atoms with E-state index in [-0.39, 0.29) is 13.1 Å². The van der Waals surface area contributed by atoms with Crippen molar-refractivity contribution in [1.82, 2.24) is 0 Å². The molecule has 62 valence electrons. The van der Waals surface area contributed by atoms with E-state index in [2.05, 4.69) is 0 Å². The first-order chi connectivity index (χ1) is 5.36. The van der Waals surface area contributed by atoms with Crippen LogP contribution in [0.1, 0.15) is 7.43 Å². The molecule has 0 saturated carbocycles. The van der Waals surface area contributed by atoms with Gasteiger partial charge in [-0.3, -0.25) is 0 Å². The van der Waals surface area contributed by atoms with Gasteiger partial charge in [0.05, 0.1) is 0 Å². The molecule has 0 N–H and O–H groups in total. The Kier molecular flexibility index (Phi) is 2.29. The fraction of sp³-hybridized carbons (Fsp3) is 0.100. The molecule has 1 heterocycles. The third kappa shape index (κ3) is 1.37. The smallest absolute Gasteiger partial charge is 0.336 e. The second kappa shape index (κ2) is 3.22. The van der Waals surface area contributed by atoms with Crippen LogP contribution in [0.4, 0.5) is 0 Å². The summed E-state index contributed by atoms with van der Waals surface area (Å²) in [5.74, 6) is 0. The van der Waals surface area contributed by atoms with E-state index in [1.165, 1.54) is 6.07 Å². The van der Waals surface area contributed by atoms with Crippen molar-refractivity contribution in [3.05, 3.63) is 46.8 Å². The van der Waals surface area contributed by atoms with E-state index in [1.54, 1.807) is 12.1 Å². The molecule has 0 atom stereocenters. The SMILES string of the molecule is C.O=c1ccc2ccccc2o1. The number of para-hydroxylation sites is 1. The van der Waals surface area contributed by atoms with Crippen molar-refractivity contribution in [2.75, 3.05) is 0 Å². The van der Waals surface area contributed by atoms with Crippen molar-refractivity contribution in [3.8, 4) is 0 Å². The zero-order valence-corrected chi connectivity index (χ0v) is 5.78. The van der Waals surface area contributed by atoms with Gasteiger partial charge in [0.15, 0.2) is 0 Å². The molecule has 0 radical (unpaired) electrons. The predicted molar refractivity (Wildman–Crippen MR) is 49.2 cm³/mol. The summed E-state index contributed by atoms with van der Waals surface area (Å²) >= 11 is 0. The van der Waals surface area contributed by atoms with Crippen molar-refractivity contribution in [2.24, 2.45) is 0 Å². The van der Waals surface area contributed by atoms with Gasteiger partial charge in [-0.1, -0.05) is 25.6 Å². The van der Waals surface area contributed by atoms with E-state index in [0.29, 0.717) is 5.58 Å². The van der Waals surface area contributed by atoms with Crippen molar-refractivity contribution < 1.29 is 4.42 Å². The van der Waals surface area contributed by atoms with Gasteiger partial charge in [-0.05, 0) is 12.1 Å². The van der Waals surface area contributed by atoms with Gasteiger partial charge in [0.1, 0.15) is 5.58 Å². The molecule has 0 unspecified atom stereocenters. The zero-order valence-electron chi connectivity index (χ0n) is 5.78. The molecule has 2 aromatic rings. The van der Waals surface area contributed by atoms with Crippen molar-refractivity contribution in [3.63, 3.8) is 0 Å². The molecule has 0 amide bonds. The fourth-order valence-corrected chi connectivity index (χ4v) is 1.01. The average molecular weight is 162 g/mol. The summed E-state index contributed by atoms with van der Waals surface area (Å²) in [7, 11) is 0. The molecule has 0 aliphatic rings. The molecule has 2 nitrogen and oxygen atoms in total. The molecule has 2 rings (SSSR count). The fourth-order valence-electron chi connectivity index (χ4n) is 1.01. The second-order valence-corrected chi connectivity index (χ2v) is 2.29. The van der Waals surface area contributed by atoms with Gasteiger partial charge in [0.2, 0.25) is 0 Å². The Bertz CT molecular complexity index is 429. The Morgan fingerprint density at radius 1 is 1.00 bits per heavy atom. The van der Waals surface area contributed by atoms with Gasteiger partial charge < -0.3 is 4.42 Å². The minimum atomic E-state index is -0.302. The third-order valence-corrected chi connectivity index (χ3v) is 1.53. The van der Waals surface area contributed by atoms with E-state index in [9.17, 15) is 4.79 Å². The Morgan fingerprint density at radius 3 is 2.58 bits per heavy atom. The molecule has 1 aromatic carbocycles. The zero-order chi connectivity index (χ0) is 7.68. The summed E-state index contributed by atoms with van der Waals surface area (Å²) in [4.78, 5) is 10.7. The third-order valence-electron chi connectivity index (χ3n) is 1.53. The first-order valence-electron chi connectivity index (χ1n) is 3.35. The van der Waals surface area contributed by atoms with Crippen molar-refractivity contribution in [1.29, 1.82) is 0 Å². The van der Waals surface area contributed by atoms with E-state index in [4.69, 9.17) is 4.42 Å². The van der Waals surface area contributed by atoms with Gasteiger partial charge in [0.25, 0.3) is 0 Å². The van der Waals surface area contributed by atoms with Crippen LogP contribution in [0.25, 0.3) is 11.0 Å². The van der Waals surface area contributed by atoms with Crippen LogP contribution in [0.3, 0.4) is 0 Å². The van der Waals surface area contributed by atoms with E-state index in [1.807, 2.05) is 18.2 Å². The second-order valence-electron chi connectivity index (χ2n) is 2.29. The lowest BCUT2D eigenvalue weighted by Gasteiger charge is -1.91. The van der Waals surface area contributed by atoms with E-state index >= 15 is 0 Å². The summed E-state index contributed by atoms with van der Waals surface area (Å²) in [6, 6.07) is 10.6. The standard InChI is InChI=1S/C9H6O2.CH4/c10-9-6-5-7-3-1-2-4-8(7)11-9;/h1-6H;1H4. The summed E-state index contributed by atoms with van der Waals surface area (Å²) < 4.78 is 4.91. The van der Waals surface area contributed by atoms with E-state index < -0.39 is 0 Å². The Balaban J connectivity index is 0.000000720. The van der Waals surface area contributed by atoms with Gasteiger partial charge in [0, 0.05) is 11.5 Å². The number of hydrogen-bond donors (Lipinski definition) is 0. The molecule has 0 aliphatic heterocycles. The molecule has 1 aromatic heterocycles. The van der Waals surface area contributed by atoms with Crippen LogP contribution in [0.2, 0.25) is 0 Å². The van der Waals surface area contributed by atoms with Crippen LogP contribution >= 0.6 is 0 Å². The maximum Gasteiger partial charge on any atom is 0.336 e. The maximum atomic E-state index is 10.7. The average Bonchev–Trinajstić information content (AvgIpc) is 2.04. The molecule has 0 spiro atoms. The summed E-state index contributed by atoms with van der Waals surface area (Å²) in [5, 5.41) is 0.951. The van der Waals surface area contributed by atoms with Crippen LogP contribution in [0.15, 0.2) is 45.6 Å². The molecule has 0 aliphatic carbocycles. The summed E-state index contributed by atoms with van der Waals surface area (Å²) in [5.41, 5.74) is 0.337. The quantitative estimate of drug-likeness (QED) is 0.557. The van der Waals surface area contributed by atoms with Crippen LogP contribution in [0, 0.1) is 0 Å². The molecule has 0 fully saturated rings.